The lowest BCUT2D eigenvalue weighted by atomic mass is 9.99. The summed E-state index contributed by atoms with van der Waals surface area (Å²) in [5, 5.41) is 43.9. The SMILES string of the molecule is CCCCCCCCCC/C=C\CCCCCCCCC(O)C(=O)NC(CO)C(O)C(O)CCCCCCCCCCCCCCCCCCCCCCCCCCCC. The van der Waals surface area contributed by atoms with Gasteiger partial charge in [0.2, 0.25) is 5.91 Å². The van der Waals surface area contributed by atoms with E-state index >= 15 is 0 Å². The third kappa shape index (κ3) is 42.4. The molecule has 0 aliphatic rings. The number of aliphatic hydroxyl groups excluding tert-OH is 4. The van der Waals surface area contributed by atoms with Crippen molar-refractivity contribution in [1.29, 1.82) is 0 Å². The average molecular weight is 850 g/mol. The van der Waals surface area contributed by atoms with Crippen LogP contribution in [0.2, 0.25) is 0 Å². The van der Waals surface area contributed by atoms with Gasteiger partial charge in [-0.25, -0.2) is 0 Å². The Morgan fingerprint density at radius 1 is 0.400 bits per heavy atom. The standard InChI is InChI=1S/C54H107NO5/c1-3-5-7-9-11-13-15-17-19-21-23-24-25-26-27-28-29-30-32-33-35-37-39-41-43-45-47-51(57)53(59)50(49-56)55-54(60)52(58)48-46-44-42-40-38-36-34-31-22-20-18-16-14-12-10-8-6-4-2/h22,31,50-53,56-59H,3-21,23-30,32-49H2,1-2H3,(H,55,60)/b31-22-. The van der Waals surface area contributed by atoms with Crippen LogP contribution in [0.5, 0.6) is 0 Å². The quantitative estimate of drug-likeness (QED) is 0.0309. The fourth-order valence-corrected chi connectivity index (χ4v) is 8.70. The van der Waals surface area contributed by atoms with Crippen LogP contribution < -0.4 is 5.32 Å². The van der Waals surface area contributed by atoms with Crippen molar-refractivity contribution in [2.24, 2.45) is 0 Å². The van der Waals surface area contributed by atoms with Crippen LogP contribution in [0.3, 0.4) is 0 Å². The van der Waals surface area contributed by atoms with Gasteiger partial charge in [-0.1, -0.05) is 270 Å². The monoisotopic (exact) mass is 850 g/mol. The molecule has 0 fully saturated rings. The van der Waals surface area contributed by atoms with Crippen molar-refractivity contribution >= 4 is 5.91 Å². The lowest BCUT2D eigenvalue weighted by Gasteiger charge is -2.27. The Hall–Kier alpha value is -0.950. The number of allylic oxidation sites excluding steroid dienone is 2. The molecule has 6 heteroatoms. The summed E-state index contributed by atoms with van der Waals surface area (Å²) in [5.74, 6) is -0.584. The van der Waals surface area contributed by atoms with Crippen LogP contribution in [0.4, 0.5) is 0 Å². The Bertz CT molecular complexity index is 867. The zero-order chi connectivity index (χ0) is 43.8. The number of hydrogen-bond acceptors (Lipinski definition) is 5. The second-order valence-electron chi connectivity index (χ2n) is 18.9. The maximum atomic E-state index is 12.6. The fraction of sp³-hybridized carbons (Fsp3) is 0.944. The van der Waals surface area contributed by atoms with E-state index in [1.54, 1.807) is 0 Å². The molecule has 0 heterocycles. The number of hydrogen-bond donors (Lipinski definition) is 5. The third-order valence-corrected chi connectivity index (χ3v) is 13.0. The second kappa shape index (κ2) is 49.1. The molecule has 0 aromatic rings. The van der Waals surface area contributed by atoms with Crippen molar-refractivity contribution in [3.8, 4) is 0 Å². The fourth-order valence-electron chi connectivity index (χ4n) is 8.70. The van der Waals surface area contributed by atoms with E-state index in [1.807, 2.05) is 0 Å². The molecule has 0 spiro atoms. The van der Waals surface area contributed by atoms with Crippen LogP contribution in [0.15, 0.2) is 12.2 Å². The second-order valence-corrected chi connectivity index (χ2v) is 18.9. The number of rotatable bonds is 50. The van der Waals surface area contributed by atoms with Crippen molar-refractivity contribution in [3.63, 3.8) is 0 Å². The van der Waals surface area contributed by atoms with Crippen LogP contribution in [0.25, 0.3) is 0 Å². The minimum Gasteiger partial charge on any atom is -0.394 e. The zero-order valence-corrected chi connectivity index (χ0v) is 40.5. The molecule has 0 bridgehead atoms. The molecule has 6 nitrogen and oxygen atoms in total. The first-order chi connectivity index (χ1) is 29.5. The Labute approximate surface area is 374 Å². The molecule has 0 aliphatic heterocycles. The first-order valence-corrected chi connectivity index (χ1v) is 27.1. The number of carbonyl (C=O) groups is 1. The summed E-state index contributed by atoms with van der Waals surface area (Å²) in [5.41, 5.74) is 0. The highest BCUT2D eigenvalue weighted by Crippen LogP contribution is 2.18. The van der Waals surface area contributed by atoms with E-state index in [0.717, 1.165) is 44.9 Å². The molecule has 0 saturated heterocycles. The summed E-state index contributed by atoms with van der Waals surface area (Å²) in [6.45, 7) is 4.08. The maximum Gasteiger partial charge on any atom is 0.249 e. The van der Waals surface area contributed by atoms with E-state index in [1.165, 1.54) is 225 Å². The summed E-state index contributed by atoms with van der Waals surface area (Å²) in [7, 11) is 0. The number of aliphatic hydroxyl groups is 4. The van der Waals surface area contributed by atoms with Gasteiger partial charge in [-0.05, 0) is 38.5 Å². The van der Waals surface area contributed by atoms with Crippen molar-refractivity contribution in [3.05, 3.63) is 12.2 Å². The van der Waals surface area contributed by atoms with Gasteiger partial charge in [-0.2, -0.15) is 0 Å². The van der Waals surface area contributed by atoms with Crippen LogP contribution in [0.1, 0.15) is 296 Å². The third-order valence-electron chi connectivity index (χ3n) is 13.0. The topological polar surface area (TPSA) is 110 Å². The van der Waals surface area contributed by atoms with E-state index in [9.17, 15) is 25.2 Å². The van der Waals surface area contributed by atoms with Crippen molar-refractivity contribution in [2.75, 3.05) is 6.61 Å². The van der Waals surface area contributed by atoms with Gasteiger partial charge in [0.05, 0.1) is 18.8 Å². The first-order valence-electron chi connectivity index (χ1n) is 27.1. The van der Waals surface area contributed by atoms with Crippen molar-refractivity contribution in [1.82, 2.24) is 5.32 Å². The summed E-state index contributed by atoms with van der Waals surface area (Å²) < 4.78 is 0. The summed E-state index contributed by atoms with van der Waals surface area (Å²) in [4.78, 5) is 12.6. The normalized spacial score (nSPS) is 13.9. The average Bonchev–Trinajstić information content (AvgIpc) is 3.25. The highest BCUT2D eigenvalue weighted by molar-refractivity contribution is 5.80. The molecule has 4 unspecified atom stereocenters. The lowest BCUT2D eigenvalue weighted by molar-refractivity contribution is -0.132. The Morgan fingerprint density at radius 3 is 0.967 bits per heavy atom. The van der Waals surface area contributed by atoms with Gasteiger partial charge in [0.15, 0.2) is 0 Å². The molecule has 358 valence electrons. The van der Waals surface area contributed by atoms with Crippen LogP contribution in [0, 0.1) is 0 Å². The molecular formula is C54H107NO5. The number of carbonyl (C=O) groups excluding carboxylic acids is 1. The van der Waals surface area contributed by atoms with Crippen molar-refractivity contribution < 1.29 is 25.2 Å². The minimum absolute atomic E-state index is 0.365. The van der Waals surface area contributed by atoms with E-state index in [0.29, 0.717) is 12.8 Å². The predicted octanol–water partition coefficient (Wildman–Crippen LogP) is 15.3. The van der Waals surface area contributed by atoms with Gasteiger partial charge in [0.25, 0.3) is 0 Å². The molecule has 0 saturated carbocycles. The van der Waals surface area contributed by atoms with Crippen LogP contribution in [-0.4, -0.2) is 57.3 Å². The number of nitrogens with one attached hydrogen (secondary N) is 1. The first kappa shape index (κ1) is 59.0. The van der Waals surface area contributed by atoms with E-state index in [-0.39, 0.29) is 0 Å². The van der Waals surface area contributed by atoms with Gasteiger partial charge in [-0.15, -0.1) is 0 Å². The highest BCUT2D eigenvalue weighted by atomic mass is 16.3. The Morgan fingerprint density at radius 2 is 0.667 bits per heavy atom. The maximum absolute atomic E-state index is 12.6. The lowest BCUT2D eigenvalue weighted by Crippen LogP contribution is -2.53. The molecule has 0 aromatic carbocycles. The van der Waals surface area contributed by atoms with Crippen LogP contribution in [-0.2, 0) is 4.79 Å². The Balaban J connectivity index is 3.61. The van der Waals surface area contributed by atoms with E-state index in [2.05, 4.69) is 31.3 Å². The van der Waals surface area contributed by atoms with Gasteiger partial charge in [-0.3, -0.25) is 4.79 Å². The number of amides is 1. The molecule has 1 amide bonds. The van der Waals surface area contributed by atoms with Gasteiger partial charge < -0.3 is 25.7 Å². The largest absolute Gasteiger partial charge is 0.394 e. The molecule has 0 aromatic heterocycles. The minimum atomic E-state index is -1.26. The smallest absolute Gasteiger partial charge is 0.249 e. The van der Waals surface area contributed by atoms with E-state index in [4.69, 9.17) is 0 Å². The van der Waals surface area contributed by atoms with E-state index < -0.39 is 36.9 Å². The van der Waals surface area contributed by atoms with Gasteiger partial charge >= 0.3 is 0 Å². The summed E-state index contributed by atoms with van der Waals surface area (Å²) >= 11 is 0. The molecule has 0 radical (unpaired) electrons. The Kier molecular flexibility index (Phi) is 48.3. The summed E-state index contributed by atoms with van der Waals surface area (Å²) in [6, 6.07) is -0.986. The molecular weight excluding hydrogens is 743 g/mol. The summed E-state index contributed by atoms with van der Waals surface area (Å²) in [6.07, 6.45) is 57.0. The van der Waals surface area contributed by atoms with Gasteiger partial charge in [0.1, 0.15) is 12.2 Å². The molecule has 60 heavy (non-hydrogen) atoms. The van der Waals surface area contributed by atoms with Crippen molar-refractivity contribution in [2.45, 2.75) is 321 Å². The number of unbranched alkanes of at least 4 members (excludes halogenated alkanes) is 39. The van der Waals surface area contributed by atoms with Crippen LogP contribution >= 0.6 is 0 Å². The highest BCUT2D eigenvalue weighted by Gasteiger charge is 2.28. The predicted molar refractivity (Wildman–Crippen MR) is 261 cm³/mol. The molecule has 0 aliphatic carbocycles. The zero-order valence-electron chi connectivity index (χ0n) is 40.5. The molecule has 0 rings (SSSR count). The molecule has 5 N–H and O–H groups in total. The molecule has 4 atom stereocenters. The van der Waals surface area contributed by atoms with Gasteiger partial charge in [0, 0.05) is 0 Å².